The first-order valence-corrected chi connectivity index (χ1v) is 5.03. The summed E-state index contributed by atoms with van der Waals surface area (Å²) in [7, 11) is 0. The summed E-state index contributed by atoms with van der Waals surface area (Å²) in [6.45, 7) is 2.26. The van der Waals surface area contributed by atoms with Crippen molar-refractivity contribution >= 4 is 0 Å². The van der Waals surface area contributed by atoms with E-state index in [0.29, 0.717) is 6.42 Å². The molecule has 12 heavy (non-hydrogen) atoms. The van der Waals surface area contributed by atoms with Gasteiger partial charge < -0.3 is 0 Å². The average Bonchev–Trinajstić information content (AvgIpc) is 2.62. The van der Waals surface area contributed by atoms with E-state index in [2.05, 4.69) is 11.0 Å². The minimum Gasteiger partial charge on any atom is -0.299 e. The van der Waals surface area contributed by atoms with Gasteiger partial charge in [0.05, 0.1) is 6.07 Å². The number of nitrogens with zero attached hydrogens (tertiary/aromatic N) is 2. The molecule has 0 amide bonds. The summed E-state index contributed by atoms with van der Waals surface area (Å²) in [5, 5.41) is 8.49. The average molecular weight is 164 g/mol. The molecule has 2 nitrogen and oxygen atoms in total. The minimum absolute atomic E-state index is 0.712. The SMILES string of the molecule is N#CCCN1CCC2CCCC21. The van der Waals surface area contributed by atoms with Crippen LogP contribution in [0.25, 0.3) is 0 Å². The van der Waals surface area contributed by atoms with Gasteiger partial charge in [-0.15, -0.1) is 0 Å². The fourth-order valence-corrected chi connectivity index (χ4v) is 2.80. The molecule has 1 heterocycles. The lowest BCUT2D eigenvalue weighted by atomic mass is 10.0. The van der Waals surface area contributed by atoms with Crippen molar-refractivity contribution in [1.82, 2.24) is 4.90 Å². The predicted molar refractivity (Wildman–Crippen MR) is 47.5 cm³/mol. The summed E-state index contributed by atoms with van der Waals surface area (Å²) in [6, 6.07) is 3.08. The molecule has 2 heteroatoms. The van der Waals surface area contributed by atoms with Gasteiger partial charge in [0.25, 0.3) is 0 Å². The van der Waals surface area contributed by atoms with E-state index in [1.54, 1.807) is 0 Å². The Bertz CT molecular complexity index is 195. The molecule has 2 rings (SSSR count). The van der Waals surface area contributed by atoms with Gasteiger partial charge in [-0.2, -0.15) is 5.26 Å². The first-order valence-electron chi connectivity index (χ1n) is 5.03. The molecule has 0 spiro atoms. The quantitative estimate of drug-likeness (QED) is 0.622. The zero-order valence-electron chi connectivity index (χ0n) is 7.50. The van der Waals surface area contributed by atoms with Crippen LogP contribution < -0.4 is 0 Å². The van der Waals surface area contributed by atoms with Gasteiger partial charge in [0.2, 0.25) is 0 Å². The van der Waals surface area contributed by atoms with E-state index in [1.165, 1.54) is 32.2 Å². The number of nitriles is 1. The Morgan fingerprint density at radius 2 is 2.25 bits per heavy atom. The van der Waals surface area contributed by atoms with Crippen molar-refractivity contribution in [3.8, 4) is 6.07 Å². The van der Waals surface area contributed by atoms with Crippen LogP contribution in [-0.4, -0.2) is 24.0 Å². The predicted octanol–water partition coefficient (Wildman–Crippen LogP) is 1.77. The molecule has 0 N–H and O–H groups in total. The Morgan fingerprint density at radius 3 is 3.08 bits per heavy atom. The Balaban J connectivity index is 1.87. The summed E-state index contributed by atoms with van der Waals surface area (Å²) >= 11 is 0. The lowest BCUT2D eigenvalue weighted by molar-refractivity contribution is 0.246. The fourth-order valence-electron chi connectivity index (χ4n) is 2.80. The third kappa shape index (κ3) is 1.34. The van der Waals surface area contributed by atoms with Gasteiger partial charge in [-0.25, -0.2) is 0 Å². The summed E-state index contributed by atoms with van der Waals surface area (Å²) in [5.74, 6) is 0.976. The Morgan fingerprint density at radius 1 is 1.33 bits per heavy atom. The zero-order chi connectivity index (χ0) is 8.39. The highest BCUT2D eigenvalue weighted by Crippen LogP contribution is 2.37. The van der Waals surface area contributed by atoms with Gasteiger partial charge in [-0.05, 0) is 31.7 Å². The van der Waals surface area contributed by atoms with Crippen molar-refractivity contribution in [3.63, 3.8) is 0 Å². The van der Waals surface area contributed by atoms with Gasteiger partial charge >= 0.3 is 0 Å². The third-order valence-electron chi connectivity index (χ3n) is 3.39. The molecule has 0 aromatic heterocycles. The van der Waals surface area contributed by atoms with Crippen LogP contribution in [0.5, 0.6) is 0 Å². The van der Waals surface area contributed by atoms with E-state index in [-0.39, 0.29) is 0 Å². The summed E-state index contributed by atoms with van der Waals surface area (Å²) in [4.78, 5) is 2.53. The fraction of sp³-hybridized carbons (Fsp3) is 0.900. The summed E-state index contributed by atoms with van der Waals surface area (Å²) in [6.07, 6.45) is 6.33. The zero-order valence-corrected chi connectivity index (χ0v) is 7.50. The molecule has 1 saturated heterocycles. The first-order chi connectivity index (χ1) is 5.92. The number of likely N-dealkylation sites (tertiary alicyclic amines) is 1. The Labute approximate surface area is 74.2 Å². The van der Waals surface area contributed by atoms with Crippen LogP contribution in [0.15, 0.2) is 0 Å². The topological polar surface area (TPSA) is 27.0 Å². The molecule has 1 aliphatic heterocycles. The van der Waals surface area contributed by atoms with Crippen molar-refractivity contribution < 1.29 is 0 Å². The standard InChI is InChI=1S/C10H16N2/c11-6-2-7-12-8-5-9-3-1-4-10(9)12/h9-10H,1-5,7-8H2. The highest BCUT2D eigenvalue weighted by molar-refractivity contribution is 4.92. The van der Waals surface area contributed by atoms with E-state index >= 15 is 0 Å². The van der Waals surface area contributed by atoms with Crippen LogP contribution in [-0.2, 0) is 0 Å². The maximum Gasteiger partial charge on any atom is 0.0635 e. The van der Waals surface area contributed by atoms with Crippen molar-refractivity contribution in [2.75, 3.05) is 13.1 Å². The smallest absolute Gasteiger partial charge is 0.0635 e. The highest BCUT2D eigenvalue weighted by Gasteiger charge is 2.36. The molecule has 0 radical (unpaired) electrons. The molecular formula is C10H16N2. The number of fused-ring (bicyclic) bond motifs is 1. The molecule has 66 valence electrons. The lowest BCUT2D eigenvalue weighted by Crippen LogP contribution is -2.30. The van der Waals surface area contributed by atoms with E-state index in [4.69, 9.17) is 5.26 Å². The number of hydrogen-bond acceptors (Lipinski definition) is 2. The van der Waals surface area contributed by atoms with Crippen LogP contribution in [0.1, 0.15) is 32.1 Å². The van der Waals surface area contributed by atoms with Crippen LogP contribution in [0.4, 0.5) is 0 Å². The second-order valence-corrected chi connectivity index (χ2v) is 3.99. The van der Waals surface area contributed by atoms with Gasteiger partial charge in [0, 0.05) is 19.0 Å². The first kappa shape index (κ1) is 8.07. The molecule has 2 unspecified atom stereocenters. The molecule has 2 atom stereocenters. The minimum atomic E-state index is 0.712. The molecule has 0 bridgehead atoms. The molecule has 1 saturated carbocycles. The number of hydrogen-bond donors (Lipinski definition) is 0. The van der Waals surface area contributed by atoms with Crippen molar-refractivity contribution in [2.45, 2.75) is 38.1 Å². The van der Waals surface area contributed by atoms with Crippen LogP contribution in [0.2, 0.25) is 0 Å². The van der Waals surface area contributed by atoms with E-state index in [0.717, 1.165) is 18.5 Å². The van der Waals surface area contributed by atoms with Gasteiger partial charge in [0.1, 0.15) is 0 Å². The molecule has 2 aliphatic rings. The highest BCUT2D eigenvalue weighted by atomic mass is 15.2. The van der Waals surface area contributed by atoms with E-state index in [1.807, 2.05) is 0 Å². The normalized spacial score (nSPS) is 34.9. The van der Waals surface area contributed by atoms with Crippen LogP contribution in [0.3, 0.4) is 0 Å². The van der Waals surface area contributed by atoms with Crippen molar-refractivity contribution in [3.05, 3.63) is 0 Å². The summed E-state index contributed by atoms with van der Waals surface area (Å²) in [5.41, 5.74) is 0. The van der Waals surface area contributed by atoms with E-state index in [9.17, 15) is 0 Å². The molecule has 0 aromatic carbocycles. The second-order valence-electron chi connectivity index (χ2n) is 3.99. The number of rotatable bonds is 2. The Hall–Kier alpha value is -0.550. The summed E-state index contributed by atoms with van der Waals surface area (Å²) < 4.78 is 0. The molecule has 1 aliphatic carbocycles. The maximum atomic E-state index is 8.49. The lowest BCUT2D eigenvalue weighted by Gasteiger charge is -2.21. The van der Waals surface area contributed by atoms with Crippen LogP contribution >= 0.6 is 0 Å². The Kier molecular flexibility index (Phi) is 2.32. The van der Waals surface area contributed by atoms with Crippen molar-refractivity contribution in [1.29, 1.82) is 5.26 Å². The second kappa shape index (κ2) is 3.45. The van der Waals surface area contributed by atoms with Gasteiger partial charge in [0.15, 0.2) is 0 Å². The largest absolute Gasteiger partial charge is 0.299 e. The maximum absolute atomic E-state index is 8.49. The third-order valence-corrected chi connectivity index (χ3v) is 3.39. The molecule has 0 aromatic rings. The molecular weight excluding hydrogens is 148 g/mol. The van der Waals surface area contributed by atoms with E-state index < -0.39 is 0 Å². The molecule has 2 fully saturated rings. The monoisotopic (exact) mass is 164 g/mol. The van der Waals surface area contributed by atoms with Gasteiger partial charge in [-0.3, -0.25) is 4.90 Å². The van der Waals surface area contributed by atoms with Gasteiger partial charge in [-0.1, -0.05) is 6.42 Å². The van der Waals surface area contributed by atoms with Crippen LogP contribution in [0, 0.1) is 17.2 Å². The van der Waals surface area contributed by atoms with Crippen molar-refractivity contribution in [2.24, 2.45) is 5.92 Å².